The predicted molar refractivity (Wildman–Crippen MR) is 179 cm³/mol. The Balaban J connectivity index is 1.56. The summed E-state index contributed by atoms with van der Waals surface area (Å²) in [6.45, 7) is 0. The van der Waals surface area contributed by atoms with Gasteiger partial charge in [0.1, 0.15) is 11.3 Å². The molecule has 0 saturated carbocycles. The molecule has 0 saturated heterocycles. The lowest BCUT2D eigenvalue weighted by Gasteiger charge is -2.30. The van der Waals surface area contributed by atoms with E-state index >= 15 is 9.13 Å². The number of aromatic nitrogens is 2. The van der Waals surface area contributed by atoms with Crippen LogP contribution in [0.25, 0.3) is 28.1 Å². The first-order valence-electron chi connectivity index (χ1n) is 14.2. The van der Waals surface area contributed by atoms with Gasteiger partial charge in [-0.25, -0.2) is 4.98 Å². The van der Waals surface area contributed by atoms with Crippen LogP contribution in [0.4, 0.5) is 0 Å². The van der Waals surface area contributed by atoms with Gasteiger partial charge in [0.2, 0.25) is 0 Å². The van der Waals surface area contributed by atoms with Crippen LogP contribution in [0.2, 0.25) is 0 Å². The molecule has 6 heteroatoms. The molecular formula is C37H26N2O2P2. The van der Waals surface area contributed by atoms with E-state index in [9.17, 15) is 0 Å². The van der Waals surface area contributed by atoms with Crippen LogP contribution in [0.3, 0.4) is 0 Å². The van der Waals surface area contributed by atoms with Gasteiger partial charge in [-0.15, -0.1) is 0 Å². The van der Waals surface area contributed by atoms with E-state index in [0.717, 1.165) is 43.8 Å². The van der Waals surface area contributed by atoms with Crippen LogP contribution in [0.15, 0.2) is 158 Å². The summed E-state index contributed by atoms with van der Waals surface area (Å²) in [5.74, 6) is 0.726. The molecule has 206 valence electrons. The molecule has 1 aliphatic rings. The topological polar surface area (TPSA) is 52.0 Å². The normalized spacial score (nSPS) is 15.7. The standard InChI is InChI=1S/C37H26N2O2P2/c40-42(28-17-7-2-8-18-28,29-19-9-3-10-20-29)33-25-26-34-36-35(33)38-37(27-15-5-1-6-16-27)39(36)31-23-13-14-24-32(31)43(34,41)30-21-11-4-12-22-30/h1-26H. The summed E-state index contributed by atoms with van der Waals surface area (Å²) in [5, 5.41) is 4.34. The second-order valence-electron chi connectivity index (χ2n) is 10.7. The third kappa shape index (κ3) is 3.74. The third-order valence-electron chi connectivity index (χ3n) is 8.29. The highest BCUT2D eigenvalue weighted by molar-refractivity contribution is 7.86. The summed E-state index contributed by atoms with van der Waals surface area (Å²) >= 11 is 0. The quantitative estimate of drug-likeness (QED) is 0.221. The fraction of sp³-hybridized carbons (Fsp3) is 0. The second-order valence-corrected chi connectivity index (χ2v) is 16.1. The molecule has 0 fully saturated rings. The average Bonchev–Trinajstić information content (AvgIpc) is 3.49. The summed E-state index contributed by atoms with van der Waals surface area (Å²) in [6, 6.07) is 50.8. The summed E-state index contributed by atoms with van der Waals surface area (Å²) in [7, 11) is -6.70. The van der Waals surface area contributed by atoms with Gasteiger partial charge in [-0.3, -0.25) is 4.57 Å². The molecule has 2 heterocycles. The molecule has 4 nitrogen and oxygen atoms in total. The summed E-state index contributed by atoms with van der Waals surface area (Å²) in [6.07, 6.45) is 0. The van der Waals surface area contributed by atoms with Crippen LogP contribution in [0.5, 0.6) is 0 Å². The van der Waals surface area contributed by atoms with Crippen LogP contribution in [-0.4, -0.2) is 9.55 Å². The fourth-order valence-corrected chi connectivity index (χ4v) is 12.1. The van der Waals surface area contributed by atoms with Gasteiger partial charge in [0.15, 0.2) is 14.3 Å². The highest BCUT2D eigenvalue weighted by Crippen LogP contribution is 2.52. The van der Waals surface area contributed by atoms with Crippen molar-refractivity contribution in [2.24, 2.45) is 0 Å². The van der Waals surface area contributed by atoms with Crippen molar-refractivity contribution in [3.63, 3.8) is 0 Å². The Morgan fingerprint density at radius 1 is 0.558 bits per heavy atom. The van der Waals surface area contributed by atoms with Gasteiger partial charge in [-0.05, 0) is 24.3 Å². The van der Waals surface area contributed by atoms with Gasteiger partial charge < -0.3 is 9.13 Å². The maximum absolute atomic E-state index is 15.7. The molecule has 1 aromatic heterocycles. The average molecular weight is 593 g/mol. The van der Waals surface area contributed by atoms with E-state index < -0.39 is 14.3 Å². The molecule has 6 aromatic carbocycles. The molecule has 0 N–H and O–H groups in total. The third-order valence-corrected chi connectivity index (χ3v) is 14.5. The van der Waals surface area contributed by atoms with Crippen molar-refractivity contribution in [2.75, 3.05) is 0 Å². The number of nitrogens with zero attached hydrogens (tertiary/aromatic N) is 2. The van der Waals surface area contributed by atoms with Crippen LogP contribution in [0, 0.1) is 0 Å². The van der Waals surface area contributed by atoms with Crippen molar-refractivity contribution in [1.82, 2.24) is 9.55 Å². The minimum atomic E-state index is -3.39. The Bertz CT molecular complexity index is 2190. The lowest BCUT2D eigenvalue weighted by atomic mass is 10.2. The van der Waals surface area contributed by atoms with Gasteiger partial charge in [-0.2, -0.15) is 0 Å². The predicted octanol–water partition coefficient (Wildman–Crippen LogP) is 6.28. The summed E-state index contributed by atoms with van der Waals surface area (Å²) < 4.78 is 33.4. The number of fused-ring (bicyclic) bond motifs is 2. The molecule has 0 bridgehead atoms. The zero-order valence-electron chi connectivity index (χ0n) is 23.1. The van der Waals surface area contributed by atoms with Gasteiger partial charge in [0.25, 0.3) is 0 Å². The maximum atomic E-state index is 15.7. The second kappa shape index (κ2) is 9.92. The van der Waals surface area contributed by atoms with E-state index in [4.69, 9.17) is 4.98 Å². The maximum Gasteiger partial charge on any atom is 0.175 e. The van der Waals surface area contributed by atoms with E-state index in [1.54, 1.807) is 0 Å². The van der Waals surface area contributed by atoms with E-state index in [2.05, 4.69) is 4.57 Å². The Kier molecular flexibility index (Phi) is 5.98. The first kappa shape index (κ1) is 25.9. The Hall–Kier alpha value is -4.75. The van der Waals surface area contributed by atoms with Crippen molar-refractivity contribution in [2.45, 2.75) is 0 Å². The van der Waals surface area contributed by atoms with Crippen molar-refractivity contribution in [3.8, 4) is 17.1 Å². The van der Waals surface area contributed by atoms with Gasteiger partial charge >= 0.3 is 0 Å². The van der Waals surface area contributed by atoms with Crippen molar-refractivity contribution in [1.29, 1.82) is 0 Å². The Morgan fingerprint density at radius 3 is 1.72 bits per heavy atom. The van der Waals surface area contributed by atoms with E-state index in [0.29, 0.717) is 16.1 Å². The first-order chi connectivity index (χ1) is 21.1. The van der Waals surface area contributed by atoms with Gasteiger partial charge in [0.05, 0.1) is 11.2 Å². The van der Waals surface area contributed by atoms with Crippen LogP contribution >= 0.6 is 14.3 Å². The molecule has 0 aliphatic carbocycles. The van der Waals surface area contributed by atoms with Crippen molar-refractivity contribution < 1.29 is 9.13 Å². The minimum absolute atomic E-state index is 0.609. The molecule has 0 radical (unpaired) electrons. The monoisotopic (exact) mass is 592 g/mol. The van der Waals surface area contributed by atoms with Crippen LogP contribution in [0.1, 0.15) is 0 Å². The van der Waals surface area contributed by atoms with E-state index in [-0.39, 0.29) is 0 Å². The molecule has 8 rings (SSSR count). The van der Waals surface area contributed by atoms with E-state index in [1.807, 2.05) is 158 Å². The zero-order chi connectivity index (χ0) is 29.0. The molecule has 0 amide bonds. The smallest absolute Gasteiger partial charge is 0.175 e. The van der Waals surface area contributed by atoms with Gasteiger partial charge in [-0.1, -0.05) is 133 Å². The molecular weight excluding hydrogens is 566 g/mol. The molecule has 43 heavy (non-hydrogen) atoms. The van der Waals surface area contributed by atoms with Gasteiger partial charge in [0, 0.05) is 37.4 Å². The Labute approximate surface area is 250 Å². The van der Waals surface area contributed by atoms with Crippen molar-refractivity contribution >= 4 is 57.1 Å². The summed E-state index contributed by atoms with van der Waals surface area (Å²) in [5.41, 5.74) is 3.11. The largest absolute Gasteiger partial charge is 0.309 e. The molecule has 1 aliphatic heterocycles. The molecule has 1 unspecified atom stereocenters. The number of hydrogen-bond donors (Lipinski definition) is 0. The number of benzene rings is 6. The van der Waals surface area contributed by atoms with Crippen molar-refractivity contribution in [3.05, 3.63) is 158 Å². The SMILES string of the molecule is O=P(c1ccccc1)(c1ccccc1)c1ccc2c3c1nc(-c1ccccc1)n3-c1ccccc1P2(=O)c1ccccc1. The Morgan fingerprint density at radius 2 is 1.09 bits per heavy atom. The lowest BCUT2D eigenvalue weighted by molar-refractivity contribution is 0.591. The summed E-state index contributed by atoms with van der Waals surface area (Å²) in [4.78, 5) is 5.30. The zero-order valence-corrected chi connectivity index (χ0v) is 24.9. The number of hydrogen-bond acceptors (Lipinski definition) is 3. The fourth-order valence-electron chi connectivity index (χ4n) is 6.34. The number of para-hydroxylation sites is 1. The van der Waals surface area contributed by atoms with E-state index in [1.165, 1.54) is 0 Å². The lowest BCUT2D eigenvalue weighted by Crippen LogP contribution is -2.34. The van der Waals surface area contributed by atoms with Crippen LogP contribution < -0.4 is 31.8 Å². The number of imidazole rings is 1. The first-order valence-corrected chi connectivity index (χ1v) is 17.6. The number of rotatable bonds is 5. The van der Waals surface area contributed by atoms with Crippen LogP contribution in [-0.2, 0) is 9.13 Å². The minimum Gasteiger partial charge on any atom is -0.309 e. The molecule has 7 aromatic rings. The molecule has 0 spiro atoms. The molecule has 1 atom stereocenters. The highest BCUT2D eigenvalue weighted by atomic mass is 31.2. The highest BCUT2D eigenvalue weighted by Gasteiger charge is 2.42.